The molecular formula is C21H16N2O2S. The lowest BCUT2D eigenvalue weighted by molar-refractivity contribution is 0.102. The van der Waals surface area contributed by atoms with Crippen LogP contribution in [-0.2, 0) is 0 Å². The van der Waals surface area contributed by atoms with Gasteiger partial charge in [-0.05, 0) is 54.6 Å². The second kappa shape index (κ2) is 8.24. The second-order valence-electron chi connectivity index (χ2n) is 5.42. The van der Waals surface area contributed by atoms with Gasteiger partial charge < -0.3 is 10.1 Å². The van der Waals surface area contributed by atoms with Gasteiger partial charge in [-0.25, -0.2) is 0 Å². The van der Waals surface area contributed by atoms with E-state index in [0.29, 0.717) is 16.8 Å². The van der Waals surface area contributed by atoms with Gasteiger partial charge in [-0.15, -0.1) is 0 Å². The number of nitrogens with one attached hydrogen (secondary N) is 1. The van der Waals surface area contributed by atoms with Gasteiger partial charge in [0.1, 0.15) is 11.8 Å². The number of nitrogens with zero attached hydrogens (tertiary/aromatic N) is 1. The smallest absolute Gasteiger partial charge is 0.255 e. The van der Waals surface area contributed by atoms with Crippen LogP contribution in [0.2, 0.25) is 0 Å². The molecule has 3 aromatic rings. The molecule has 3 rings (SSSR count). The molecule has 0 aromatic heterocycles. The summed E-state index contributed by atoms with van der Waals surface area (Å²) in [6.07, 6.45) is 0. The number of anilines is 1. The Bertz CT molecular complexity index is 948. The molecule has 0 unspecified atom stereocenters. The monoisotopic (exact) mass is 360 g/mol. The number of methoxy groups -OCH3 is 1. The highest BCUT2D eigenvalue weighted by Crippen LogP contribution is 2.32. The Morgan fingerprint density at radius 1 is 1.04 bits per heavy atom. The molecule has 0 heterocycles. The van der Waals surface area contributed by atoms with Crippen molar-refractivity contribution in [2.24, 2.45) is 0 Å². The van der Waals surface area contributed by atoms with Crippen molar-refractivity contribution in [2.75, 3.05) is 12.4 Å². The van der Waals surface area contributed by atoms with Crippen molar-refractivity contribution >= 4 is 23.4 Å². The third-order valence-electron chi connectivity index (χ3n) is 3.68. The summed E-state index contributed by atoms with van der Waals surface area (Å²) in [4.78, 5) is 14.1. The summed E-state index contributed by atoms with van der Waals surface area (Å²) in [6.45, 7) is 0. The molecule has 0 bridgehead atoms. The predicted molar refractivity (Wildman–Crippen MR) is 103 cm³/mol. The van der Waals surface area contributed by atoms with Crippen LogP contribution < -0.4 is 10.1 Å². The van der Waals surface area contributed by atoms with Gasteiger partial charge in [0.05, 0.1) is 12.7 Å². The maximum Gasteiger partial charge on any atom is 0.255 e. The summed E-state index contributed by atoms with van der Waals surface area (Å²) < 4.78 is 5.15. The fourth-order valence-electron chi connectivity index (χ4n) is 2.35. The zero-order valence-corrected chi connectivity index (χ0v) is 14.9. The number of hydrogen-bond donors (Lipinski definition) is 1. The molecule has 1 N–H and O–H groups in total. The van der Waals surface area contributed by atoms with Crippen molar-refractivity contribution in [3.63, 3.8) is 0 Å². The number of benzene rings is 3. The first kappa shape index (κ1) is 17.6. The Morgan fingerprint density at radius 3 is 2.42 bits per heavy atom. The lowest BCUT2D eigenvalue weighted by Crippen LogP contribution is -2.11. The number of carbonyl (C=O) groups excluding carboxylic acids is 1. The lowest BCUT2D eigenvalue weighted by atomic mass is 10.2. The molecule has 0 spiro atoms. The van der Waals surface area contributed by atoms with Gasteiger partial charge in [0, 0.05) is 21.0 Å². The van der Waals surface area contributed by atoms with Crippen LogP contribution in [0.4, 0.5) is 5.69 Å². The van der Waals surface area contributed by atoms with Crippen LogP contribution in [0.3, 0.4) is 0 Å². The van der Waals surface area contributed by atoms with Crippen LogP contribution >= 0.6 is 11.8 Å². The fraction of sp³-hybridized carbons (Fsp3) is 0.0476. The summed E-state index contributed by atoms with van der Waals surface area (Å²) in [7, 11) is 1.62. The highest BCUT2D eigenvalue weighted by atomic mass is 32.2. The van der Waals surface area contributed by atoms with Gasteiger partial charge in [-0.2, -0.15) is 5.26 Å². The van der Waals surface area contributed by atoms with Gasteiger partial charge in [-0.3, -0.25) is 4.79 Å². The molecule has 4 nitrogen and oxygen atoms in total. The average molecular weight is 360 g/mol. The number of ether oxygens (including phenoxy) is 1. The Labute approximate surface area is 156 Å². The SMILES string of the molecule is COc1ccc(Sc2ccc(NC(=O)c3ccccc3)cc2C#N)cc1. The summed E-state index contributed by atoms with van der Waals surface area (Å²) in [5.74, 6) is 0.582. The van der Waals surface area contributed by atoms with E-state index < -0.39 is 0 Å². The molecule has 0 atom stereocenters. The topological polar surface area (TPSA) is 62.1 Å². The van der Waals surface area contributed by atoms with E-state index in [2.05, 4.69) is 11.4 Å². The predicted octanol–water partition coefficient (Wildman–Crippen LogP) is 4.97. The summed E-state index contributed by atoms with van der Waals surface area (Å²) in [5.41, 5.74) is 1.67. The maximum absolute atomic E-state index is 12.2. The number of nitriles is 1. The van der Waals surface area contributed by atoms with Crippen LogP contribution in [0.25, 0.3) is 0 Å². The molecule has 3 aromatic carbocycles. The van der Waals surface area contributed by atoms with Crippen LogP contribution in [0.5, 0.6) is 5.75 Å². The Balaban J connectivity index is 1.77. The molecule has 0 radical (unpaired) electrons. The molecular weight excluding hydrogens is 344 g/mol. The molecule has 0 saturated heterocycles. The summed E-state index contributed by atoms with van der Waals surface area (Å²) in [5, 5.41) is 12.3. The van der Waals surface area contributed by atoms with Crippen LogP contribution in [0.1, 0.15) is 15.9 Å². The molecule has 0 aliphatic rings. The van der Waals surface area contributed by atoms with E-state index in [4.69, 9.17) is 4.74 Å². The largest absolute Gasteiger partial charge is 0.497 e. The number of carbonyl (C=O) groups is 1. The number of hydrogen-bond acceptors (Lipinski definition) is 4. The van der Waals surface area contributed by atoms with E-state index in [9.17, 15) is 10.1 Å². The van der Waals surface area contributed by atoms with Crippen molar-refractivity contribution in [3.8, 4) is 11.8 Å². The first-order chi connectivity index (χ1) is 12.7. The minimum atomic E-state index is -0.204. The molecule has 0 saturated carbocycles. The van der Waals surface area contributed by atoms with Gasteiger partial charge in [-0.1, -0.05) is 30.0 Å². The van der Waals surface area contributed by atoms with E-state index >= 15 is 0 Å². The van der Waals surface area contributed by atoms with Crippen molar-refractivity contribution in [2.45, 2.75) is 9.79 Å². The molecule has 5 heteroatoms. The van der Waals surface area contributed by atoms with E-state index in [0.717, 1.165) is 15.5 Å². The maximum atomic E-state index is 12.2. The first-order valence-corrected chi connectivity index (χ1v) is 8.73. The summed E-state index contributed by atoms with van der Waals surface area (Å²) in [6, 6.07) is 24.1. The third kappa shape index (κ3) is 4.24. The van der Waals surface area contributed by atoms with E-state index in [1.807, 2.05) is 48.5 Å². The molecule has 1 amide bonds. The van der Waals surface area contributed by atoms with Crippen molar-refractivity contribution < 1.29 is 9.53 Å². The zero-order chi connectivity index (χ0) is 18.4. The third-order valence-corrected chi connectivity index (χ3v) is 4.76. The van der Waals surface area contributed by atoms with Crippen molar-refractivity contribution in [1.82, 2.24) is 0 Å². The van der Waals surface area contributed by atoms with Crippen molar-refractivity contribution in [1.29, 1.82) is 5.26 Å². The van der Waals surface area contributed by atoms with Gasteiger partial charge in [0.15, 0.2) is 0 Å². The van der Waals surface area contributed by atoms with Crippen LogP contribution in [-0.4, -0.2) is 13.0 Å². The Morgan fingerprint density at radius 2 is 1.77 bits per heavy atom. The number of amides is 1. The highest BCUT2D eigenvalue weighted by Gasteiger charge is 2.09. The molecule has 0 aliphatic heterocycles. The molecule has 128 valence electrons. The zero-order valence-electron chi connectivity index (χ0n) is 14.1. The Hall–Kier alpha value is -3.23. The minimum Gasteiger partial charge on any atom is -0.497 e. The highest BCUT2D eigenvalue weighted by molar-refractivity contribution is 7.99. The van der Waals surface area contributed by atoms with Gasteiger partial charge >= 0.3 is 0 Å². The van der Waals surface area contributed by atoms with Crippen LogP contribution in [0, 0.1) is 11.3 Å². The molecule has 0 fully saturated rings. The van der Waals surface area contributed by atoms with Crippen LogP contribution in [0.15, 0.2) is 82.6 Å². The minimum absolute atomic E-state index is 0.204. The fourth-order valence-corrected chi connectivity index (χ4v) is 3.22. The van der Waals surface area contributed by atoms with E-state index in [-0.39, 0.29) is 5.91 Å². The molecule has 26 heavy (non-hydrogen) atoms. The quantitative estimate of drug-likeness (QED) is 0.698. The second-order valence-corrected chi connectivity index (χ2v) is 6.54. The average Bonchev–Trinajstić information content (AvgIpc) is 2.70. The Kier molecular flexibility index (Phi) is 5.57. The molecule has 0 aliphatic carbocycles. The first-order valence-electron chi connectivity index (χ1n) is 7.92. The van der Waals surface area contributed by atoms with Gasteiger partial charge in [0.25, 0.3) is 5.91 Å². The van der Waals surface area contributed by atoms with E-state index in [1.165, 1.54) is 11.8 Å². The van der Waals surface area contributed by atoms with Gasteiger partial charge in [0.2, 0.25) is 0 Å². The normalized spacial score (nSPS) is 10.0. The lowest BCUT2D eigenvalue weighted by Gasteiger charge is -2.09. The number of rotatable bonds is 5. The van der Waals surface area contributed by atoms with E-state index in [1.54, 1.807) is 31.4 Å². The standard InChI is InChI=1S/C21H16N2O2S/c1-25-18-8-10-19(11-9-18)26-20-12-7-17(13-16(20)14-22)23-21(24)15-5-3-2-4-6-15/h2-13H,1H3,(H,23,24). The van der Waals surface area contributed by atoms with Crippen molar-refractivity contribution in [3.05, 3.63) is 83.9 Å². The summed E-state index contributed by atoms with van der Waals surface area (Å²) >= 11 is 1.49.